The Balaban J connectivity index is 2.30. The van der Waals surface area contributed by atoms with Gasteiger partial charge in [0.1, 0.15) is 0 Å². The van der Waals surface area contributed by atoms with E-state index in [-0.39, 0.29) is 0 Å². The summed E-state index contributed by atoms with van der Waals surface area (Å²) in [4.78, 5) is 0. The molecule has 3 atom stereocenters. The molecule has 0 aromatic rings. The second kappa shape index (κ2) is 4.89. The lowest BCUT2D eigenvalue weighted by Crippen LogP contribution is -2.23. The van der Waals surface area contributed by atoms with Gasteiger partial charge in [-0.1, -0.05) is 59.3 Å². The van der Waals surface area contributed by atoms with Gasteiger partial charge in [-0.3, -0.25) is 0 Å². The van der Waals surface area contributed by atoms with Crippen molar-refractivity contribution in [2.75, 3.05) is 0 Å². The molecule has 1 saturated carbocycles. The van der Waals surface area contributed by atoms with Gasteiger partial charge in [-0.05, 0) is 17.8 Å². The lowest BCUT2D eigenvalue weighted by atomic mass is 9.72. The molecule has 1 fully saturated rings. The van der Waals surface area contributed by atoms with Crippen molar-refractivity contribution in [2.45, 2.75) is 59.3 Å². The summed E-state index contributed by atoms with van der Waals surface area (Å²) in [5.74, 6) is 3.03. The van der Waals surface area contributed by atoms with Crippen LogP contribution in [0, 0.1) is 17.8 Å². The van der Waals surface area contributed by atoms with Crippen molar-refractivity contribution in [1.82, 2.24) is 0 Å². The minimum Gasteiger partial charge on any atom is -0.0654 e. The van der Waals surface area contributed by atoms with E-state index >= 15 is 0 Å². The van der Waals surface area contributed by atoms with Gasteiger partial charge in [0.2, 0.25) is 0 Å². The first-order valence-electron chi connectivity index (χ1n) is 5.75. The molecule has 0 bridgehead atoms. The van der Waals surface area contributed by atoms with Gasteiger partial charge in [-0.15, -0.1) is 0 Å². The maximum Gasteiger partial charge on any atom is -0.0386 e. The average molecular weight is 168 g/mol. The van der Waals surface area contributed by atoms with Crippen LogP contribution in [-0.2, 0) is 0 Å². The summed E-state index contributed by atoms with van der Waals surface area (Å²) in [5, 5.41) is 0. The molecule has 0 saturated heterocycles. The average Bonchev–Trinajstić information content (AvgIpc) is 2.08. The summed E-state index contributed by atoms with van der Waals surface area (Å²) in [6.07, 6.45) is 8.77. The highest BCUT2D eigenvalue weighted by Gasteiger charge is 2.25. The first-order valence-corrected chi connectivity index (χ1v) is 5.75. The van der Waals surface area contributed by atoms with Crippen LogP contribution in [0.2, 0.25) is 0 Å². The molecule has 72 valence electrons. The van der Waals surface area contributed by atoms with Crippen LogP contribution < -0.4 is 0 Å². The van der Waals surface area contributed by atoms with E-state index in [9.17, 15) is 0 Å². The summed E-state index contributed by atoms with van der Waals surface area (Å²) in [7, 11) is 0. The van der Waals surface area contributed by atoms with Crippen LogP contribution >= 0.6 is 0 Å². The molecule has 0 spiro atoms. The Morgan fingerprint density at radius 3 is 2.58 bits per heavy atom. The Hall–Kier alpha value is 0. The fourth-order valence-electron chi connectivity index (χ4n) is 2.57. The van der Waals surface area contributed by atoms with Gasteiger partial charge in [-0.25, -0.2) is 0 Å². The maximum absolute atomic E-state index is 2.46. The monoisotopic (exact) mass is 168 g/mol. The Labute approximate surface area is 77.7 Å². The third-order valence-electron chi connectivity index (χ3n) is 3.80. The number of unbranched alkanes of at least 4 members (excludes halogenated alkanes) is 1. The van der Waals surface area contributed by atoms with E-state index in [1.54, 1.807) is 0 Å². The third kappa shape index (κ3) is 2.50. The van der Waals surface area contributed by atoms with E-state index in [1.165, 1.54) is 38.5 Å². The van der Waals surface area contributed by atoms with Crippen molar-refractivity contribution in [1.29, 1.82) is 0 Å². The van der Waals surface area contributed by atoms with Gasteiger partial charge in [0.25, 0.3) is 0 Å². The third-order valence-corrected chi connectivity index (χ3v) is 3.80. The topological polar surface area (TPSA) is 0 Å². The second-order valence-electron chi connectivity index (χ2n) is 4.67. The zero-order chi connectivity index (χ0) is 8.97. The van der Waals surface area contributed by atoms with Crippen molar-refractivity contribution in [3.8, 4) is 0 Å². The van der Waals surface area contributed by atoms with Gasteiger partial charge in [0.15, 0.2) is 0 Å². The van der Waals surface area contributed by atoms with Crippen LogP contribution in [0.1, 0.15) is 59.3 Å². The van der Waals surface area contributed by atoms with E-state index in [1.807, 2.05) is 0 Å². The maximum atomic E-state index is 2.46. The Bertz CT molecular complexity index is 117. The molecular weight excluding hydrogens is 144 g/mol. The molecule has 0 heteroatoms. The summed E-state index contributed by atoms with van der Waals surface area (Å²) in [6.45, 7) is 7.20. The first-order chi connectivity index (χ1) is 5.75. The van der Waals surface area contributed by atoms with Crippen molar-refractivity contribution in [3.63, 3.8) is 0 Å². The molecule has 0 aliphatic heterocycles. The van der Waals surface area contributed by atoms with Crippen LogP contribution in [0.5, 0.6) is 0 Å². The van der Waals surface area contributed by atoms with E-state index in [0.717, 1.165) is 17.8 Å². The lowest BCUT2D eigenvalue weighted by molar-refractivity contribution is 0.170. The molecule has 1 aliphatic rings. The van der Waals surface area contributed by atoms with E-state index in [2.05, 4.69) is 20.8 Å². The molecule has 0 amide bonds. The molecule has 0 aromatic carbocycles. The van der Waals surface area contributed by atoms with Crippen LogP contribution in [0.4, 0.5) is 0 Å². The summed E-state index contributed by atoms with van der Waals surface area (Å²) in [6, 6.07) is 0. The molecular formula is C12H24. The van der Waals surface area contributed by atoms with E-state index in [0.29, 0.717) is 0 Å². The highest BCUT2D eigenvalue weighted by molar-refractivity contribution is 4.76. The Kier molecular flexibility index (Phi) is 4.11. The Morgan fingerprint density at radius 1 is 1.17 bits per heavy atom. The molecule has 0 heterocycles. The number of hydrogen-bond donors (Lipinski definition) is 0. The van der Waals surface area contributed by atoms with Gasteiger partial charge in [-0.2, -0.15) is 0 Å². The van der Waals surface area contributed by atoms with Crippen LogP contribution in [0.15, 0.2) is 0 Å². The van der Waals surface area contributed by atoms with Crippen molar-refractivity contribution in [2.24, 2.45) is 17.8 Å². The zero-order valence-corrected chi connectivity index (χ0v) is 8.97. The summed E-state index contributed by atoms with van der Waals surface area (Å²) in [5.41, 5.74) is 0. The van der Waals surface area contributed by atoms with Crippen molar-refractivity contribution in [3.05, 3.63) is 0 Å². The predicted molar refractivity (Wildman–Crippen MR) is 55.2 cm³/mol. The molecule has 1 aliphatic carbocycles. The predicted octanol–water partition coefficient (Wildman–Crippen LogP) is 4.25. The molecule has 0 nitrogen and oxygen atoms in total. The van der Waals surface area contributed by atoms with Crippen molar-refractivity contribution < 1.29 is 0 Å². The highest BCUT2D eigenvalue weighted by Crippen LogP contribution is 2.36. The summed E-state index contributed by atoms with van der Waals surface area (Å²) >= 11 is 0. The van der Waals surface area contributed by atoms with Gasteiger partial charge in [0.05, 0.1) is 0 Å². The molecule has 1 rings (SSSR count). The fraction of sp³-hybridized carbons (Fsp3) is 1.00. The minimum absolute atomic E-state index is 0.987. The zero-order valence-electron chi connectivity index (χ0n) is 8.97. The summed E-state index contributed by atoms with van der Waals surface area (Å²) < 4.78 is 0. The quantitative estimate of drug-likeness (QED) is 0.591. The van der Waals surface area contributed by atoms with Gasteiger partial charge >= 0.3 is 0 Å². The number of rotatable bonds is 3. The first kappa shape index (κ1) is 10.1. The fourth-order valence-corrected chi connectivity index (χ4v) is 2.57. The molecule has 12 heavy (non-hydrogen) atoms. The van der Waals surface area contributed by atoms with Gasteiger partial charge < -0.3 is 0 Å². The molecule has 0 aromatic heterocycles. The van der Waals surface area contributed by atoms with E-state index < -0.39 is 0 Å². The molecule has 3 unspecified atom stereocenters. The largest absolute Gasteiger partial charge is 0.0654 e. The standard InChI is InChI=1S/C12H24/c1-4-5-8-12-9-6-7-10(2)11(12)3/h10-12H,4-9H2,1-3H3. The lowest BCUT2D eigenvalue weighted by Gasteiger charge is -2.34. The molecule has 0 radical (unpaired) electrons. The van der Waals surface area contributed by atoms with E-state index in [4.69, 9.17) is 0 Å². The molecule has 0 N–H and O–H groups in total. The van der Waals surface area contributed by atoms with Crippen LogP contribution in [0.25, 0.3) is 0 Å². The smallest absolute Gasteiger partial charge is 0.0386 e. The Morgan fingerprint density at radius 2 is 1.92 bits per heavy atom. The highest BCUT2D eigenvalue weighted by atomic mass is 14.3. The van der Waals surface area contributed by atoms with Gasteiger partial charge in [0, 0.05) is 0 Å². The SMILES string of the molecule is CCCCC1CCCC(C)C1C. The van der Waals surface area contributed by atoms with Crippen LogP contribution in [0.3, 0.4) is 0 Å². The second-order valence-corrected chi connectivity index (χ2v) is 4.67. The van der Waals surface area contributed by atoms with Crippen LogP contribution in [-0.4, -0.2) is 0 Å². The minimum atomic E-state index is 0.987. The normalized spacial score (nSPS) is 36.8. The van der Waals surface area contributed by atoms with Crippen molar-refractivity contribution >= 4 is 0 Å². The number of hydrogen-bond acceptors (Lipinski definition) is 0.